The summed E-state index contributed by atoms with van der Waals surface area (Å²) in [7, 11) is 0. The van der Waals surface area contributed by atoms with E-state index in [9.17, 15) is 0 Å². The number of nitrogens with one attached hydrogen (secondary N) is 1. The van der Waals surface area contributed by atoms with Gasteiger partial charge in [0, 0.05) is 13.1 Å². The fraction of sp³-hybridized carbons (Fsp3) is 0.500. The summed E-state index contributed by atoms with van der Waals surface area (Å²) >= 11 is 0. The highest BCUT2D eigenvalue weighted by molar-refractivity contribution is 5.58. The van der Waals surface area contributed by atoms with Gasteiger partial charge in [0.25, 0.3) is 0 Å². The number of aryl methyl sites for hydroxylation is 1. The quantitative estimate of drug-likeness (QED) is 0.818. The molecular weight excluding hydrogens is 210 g/mol. The van der Waals surface area contributed by atoms with Crippen molar-refractivity contribution in [3.05, 3.63) is 29.3 Å². The molecule has 0 saturated heterocycles. The second kappa shape index (κ2) is 6.93. The molecule has 0 bridgehead atoms. The summed E-state index contributed by atoms with van der Waals surface area (Å²) in [5.74, 6) is 0. The van der Waals surface area contributed by atoms with E-state index in [1.807, 2.05) is 25.1 Å². The highest BCUT2D eigenvalue weighted by Crippen LogP contribution is 2.15. The van der Waals surface area contributed by atoms with Gasteiger partial charge in [0.2, 0.25) is 0 Å². The molecule has 17 heavy (non-hydrogen) atoms. The van der Waals surface area contributed by atoms with Gasteiger partial charge in [0.15, 0.2) is 0 Å². The van der Waals surface area contributed by atoms with Gasteiger partial charge in [-0.1, -0.05) is 19.9 Å². The minimum atomic E-state index is 0.726. The summed E-state index contributed by atoms with van der Waals surface area (Å²) < 4.78 is 0. The molecule has 0 aromatic heterocycles. The van der Waals surface area contributed by atoms with Crippen LogP contribution in [0, 0.1) is 18.3 Å². The Labute approximate surface area is 104 Å². The van der Waals surface area contributed by atoms with E-state index >= 15 is 0 Å². The molecule has 0 unspecified atom stereocenters. The van der Waals surface area contributed by atoms with Gasteiger partial charge in [-0.05, 0) is 37.7 Å². The second-order valence-corrected chi connectivity index (χ2v) is 4.11. The van der Waals surface area contributed by atoms with Crippen LogP contribution in [0.4, 0.5) is 5.69 Å². The molecule has 0 heterocycles. The van der Waals surface area contributed by atoms with Gasteiger partial charge < -0.3 is 10.2 Å². The third-order valence-electron chi connectivity index (χ3n) is 2.93. The lowest BCUT2D eigenvalue weighted by Crippen LogP contribution is -2.28. The van der Waals surface area contributed by atoms with E-state index in [2.05, 4.69) is 30.1 Å². The molecule has 1 N–H and O–H groups in total. The molecule has 0 aliphatic rings. The number of nitrogens with zero attached hydrogens (tertiary/aromatic N) is 2. The maximum atomic E-state index is 9.04. The zero-order valence-corrected chi connectivity index (χ0v) is 11.0. The fourth-order valence-corrected chi connectivity index (χ4v) is 1.79. The maximum absolute atomic E-state index is 9.04. The lowest BCUT2D eigenvalue weighted by Gasteiger charge is -2.18. The van der Waals surface area contributed by atoms with Crippen molar-refractivity contribution in [3.8, 4) is 6.07 Å². The summed E-state index contributed by atoms with van der Waals surface area (Å²) in [5, 5.41) is 12.4. The van der Waals surface area contributed by atoms with Crippen LogP contribution in [0.25, 0.3) is 0 Å². The van der Waals surface area contributed by atoms with Crippen molar-refractivity contribution in [2.45, 2.75) is 20.8 Å². The van der Waals surface area contributed by atoms with E-state index in [4.69, 9.17) is 5.26 Å². The molecule has 1 aromatic carbocycles. The molecule has 0 aliphatic heterocycles. The molecule has 3 nitrogen and oxygen atoms in total. The molecule has 1 aromatic rings. The summed E-state index contributed by atoms with van der Waals surface area (Å²) in [6.45, 7) is 10.3. The monoisotopic (exact) mass is 231 g/mol. The van der Waals surface area contributed by atoms with Gasteiger partial charge >= 0.3 is 0 Å². The molecule has 0 atom stereocenters. The Bertz CT molecular complexity index is 389. The Hall–Kier alpha value is -1.53. The Morgan fingerprint density at radius 2 is 2.00 bits per heavy atom. The normalized spacial score (nSPS) is 10.3. The third-order valence-corrected chi connectivity index (χ3v) is 2.93. The molecule has 0 spiro atoms. The van der Waals surface area contributed by atoms with Crippen molar-refractivity contribution in [3.63, 3.8) is 0 Å². The lowest BCUT2D eigenvalue weighted by molar-refractivity contribution is 0.316. The minimum absolute atomic E-state index is 0.726. The van der Waals surface area contributed by atoms with E-state index in [-0.39, 0.29) is 0 Å². The molecule has 1 rings (SSSR count). The third kappa shape index (κ3) is 4.08. The van der Waals surface area contributed by atoms with Crippen molar-refractivity contribution in [1.82, 2.24) is 4.90 Å². The van der Waals surface area contributed by atoms with E-state index in [1.54, 1.807) is 0 Å². The van der Waals surface area contributed by atoms with Crippen LogP contribution in [-0.4, -0.2) is 31.1 Å². The van der Waals surface area contributed by atoms with Crippen molar-refractivity contribution < 1.29 is 0 Å². The number of nitriles is 1. The molecule has 0 saturated carbocycles. The maximum Gasteiger partial charge on any atom is 0.101 e. The van der Waals surface area contributed by atoms with Crippen LogP contribution in [0.5, 0.6) is 0 Å². The van der Waals surface area contributed by atoms with Crippen LogP contribution >= 0.6 is 0 Å². The van der Waals surface area contributed by atoms with Crippen LogP contribution in [-0.2, 0) is 0 Å². The van der Waals surface area contributed by atoms with E-state index < -0.39 is 0 Å². The van der Waals surface area contributed by atoms with Crippen molar-refractivity contribution >= 4 is 5.69 Å². The predicted molar refractivity (Wildman–Crippen MR) is 72.2 cm³/mol. The minimum Gasteiger partial charge on any atom is -0.383 e. The predicted octanol–water partition coefficient (Wildman–Crippen LogP) is 2.62. The first kappa shape index (κ1) is 13.5. The number of rotatable bonds is 6. The van der Waals surface area contributed by atoms with Crippen molar-refractivity contribution in [2.75, 3.05) is 31.5 Å². The number of benzene rings is 1. The first-order valence-electron chi connectivity index (χ1n) is 6.18. The van der Waals surface area contributed by atoms with Gasteiger partial charge in [-0.2, -0.15) is 5.26 Å². The molecule has 0 amide bonds. The van der Waals surface area contributed by atoms with Crippen LogP contribution in [0.1, 0.15) is 25.0 Å². The van der Waals surface area contributed by atoms with Crippen molar-refractivity contribution in [2.24, 2.45) is 0 Å². The summed E-state index contributed by atoms with van der Waals surface area (Å²) in [5.41, 5.74) is 2.78. The molecule has 92 valence electrons. The standard InChI is InChI=1S/C14H21N3/c1-4-17(5-2)9-8-16-14-7-6-12(3)10-13(14)11-15/h6-7,10,16H,4-5,8-9H2,1-3H3. The average Bonchev–Trinajstić information content (AvgIpc) is 2.36. The van der Waals surface area contributed by atoms with Gasteiger partial charge in [-0.3, -0.25) is 0 Å². The van der Waals surface area contributed by atoms with Gasteiger partial charge in [0.05, 0.1) is 11.3 Å². The largest absolute Gasteiger partial charge is 0.383 e. The molecule has 3 heteroatoms. The topological polar surface area (TPSA) is 39.1 Å². The van der Waals surface area contributed by atoms with Crippen LogP contribution in [0.2, 0.25) is 0 Å². The van der Waals surface area contributed by atoms with E-state index in [0.29, 0.717) is 0 Å². The molecular formula is C14H21N3. The van der Waals surface area contributed by atoms with Crippen LogP contribution in [0.15, 0.2) is 18.2 Å². The summed E-state index contributed by atoms with van der Waals surface area (Å²) in [6.07, 6.45) is 0. The van der Waals surface area contributed by atoms with Crippen LogP contribution in [0.3, 0.4) is 0 Å². The smallest absolute Gasteiger partial charge is 0.101 e. The zero-order valence-electron chi connectivity index (χ0n) is 11.0. The first-order valence-corrected chi connectivity index (χ1v) is 6.18. The first-order chi connectivity index (χ1) is 8.21. The van der Waals surface area contributed by atoms with Gasteiger partial charge in [-0.15, -0.1) is 0 Å². The number of hydrogen-bond acceptors (Lipinski definition) is 3. The Kier molecular flexibility index (Phi) is 5.51. The van der Waals surface area contributed by atoms with E-state index in [0.717, 1.165) is 43.0 Å². The SMILES string of the molecule is CCN(CC)CCNc1ccc(C)cc1C#N. The Balaban J connectivity index is 2.55. The zero-order chi connectivity index (χ0) is 12.7. The Morgan fingerprint density at radius 1 is 1.29 bits per heavy atom. The Morgan fingerprint density at radius 3 is 2.59 bits per heavy atom. The lowest BCUT2D eigenvalue weighted by atomic mass is 10.1. The van der Waals surface area contributed by atoms with Gasteiger partial charge in [-0.25, -0.2) is 0 Å². The summed E-state index contributed by atoms with van der Waals surface area (Å²) in [6, 6.07) is 8.15. The van der Waals surface area contributed by atoms with Crippen LogP contribution < -0.4 is 5.32 Å². The molecule has 0 fully saturated rings. The molecule has 0 aliphatic carbocycles. The summed E-state index contributed by atoms with van der Waals surface area (Å²) in [4.78, 5) is 2.35. The van der Waals surface area contributed by atoms with Crippen molar-refractivity contribution in [1.29, 1.82) is 5.26 Å². The van der Waals surface area contributed by atoms with Gasteiger partial charge in [0.1, 0.15) is 6.07 Å². The molecule has 0 radical (unpaired) electrons. The second-order valence-electron chi connectivity index (χ2n) is 4.11. The number of anilines is 1. The fourth-order valence-electron chi connectivity index (χ4n) is 1.79. The highest BCUT2D eigenvalue weighted by atomic mass is 15.1. The number of hydrogen-bond donors (Lipinski definition) is 1. The number of likely N-dealkylation sites (N-methyl/N-ethyl adjacent to an activating group) is 1. The highest BCUT2D eigenvalue weighted by Gasteiger charge is 2.02. The van der Waals surface area contributed by atoms with E-state index in [1.165, 1.54) is 0 Å². The average molecular weight is 231 g/mol.